The van der Waals surface area contributed by atoms with E-state index in [1.807, 2.05) is 0 Å². The average molecular weight is 895 g/mol. The maximum absolute atomic E-state index is 7.30. The summed E-state index contributed by atoms with van der Waals surface area (Å²) in [5, 5.41) is 2.47. The van der Waals surface area contributed by atoms with Gasteiger partial charge in [0, 0.05) is 45.3 Å². The fourth-order valence-electron chi connectivity index (χ4n) is 11.0. The Kier molecular flexibility index (Phi) is 10.3. The molecule has 0 bridgehead atoms. The standard InChI is InChI=1S/C57H72B2N6O2/c1-30(2)35-24-39(31(3)4)47(40(25-35)32(5)6)37-20-22-43-49-51(37)66-53-60-45(56(14,15)16)28-62(53)58(49)65-59-50-44(64(43)65)23-21-38(52(50)67-54-61-46(29-63(54)59)57(17,18)19)48-41(33(7)8)26-36(55(11,12)13)27-42(48)34(9)10/h20-34H,1-19H3. The number of benzene rings is 4. The molecule has 0 saturated heterocycles. The fraction of sp³-hybridized carbons (Fsp3) is 0.474. The molecule has 6 aromatic rings. The minimum Gasteiger partial charge on any atom is -0.426 e. The van der Waals surface area contributed by atoms with Crippen molar-refractivity contribution >= 4 is 36.3 Å². The van der Waals surface area contributed by atoms with E-state index in [0.29, 0.717) is 41.6 Å². The summed E-state index contributed by atoms with van der Waals surface area (Å²) in [5.41, 5.74) is 19.1. The lowest BCUT2D eigenvalue weighted by Gasteiger charge is -2.33. The van der Waals surface area contributed by atoms with Crippen LogP contribution in [0.5, 0.6) is 23.5 Å². The Morgan fingerprint density at radius 3 is 1.18 bits per heavy atom. The van der Waals surface area contributed by atoms with E-state index in [9.17, 15) is 0 Å². The second kappa shape index (κ2) is 15.1. The van der Waals surface area contributed by atoms with Gasteiger partial charge in [-0.2, -0.15) is 0 Å². The molecule has 10 heteroatoms. The number of hydrogen-bond donors (Lipinski definition) is 0. The summed E-state index contributed by atoms with van der Waals surface area (Å²) in [6.07, 6.45) is 4.48. The molecule has 4 aliphatic rings. The molecule has 0 atom stereocenters. The number of anilines is 2. The van der Waals surface area contributed by atoms with Gasteiger partial charge >= 0.3 is 14.0 Å². The van der Waals surface area contributed by atoms with Gasteiger partial charge in [0.1, 0.15) is 11.5 Å². The quantitative estimate of drug-likeness (QED) is 0.149. The van der Waals surface area contributed by atoms with Gasteiger partial charge in [0.15, 0.2) is 0 Å². The molecule has 348 valence electrons. The first-order valence-corrected chi connectivity index (χ1v) is 25.1. The summed E-state index contributed by atoms with van der Waals surface area (Å²) in [7, 11) is 0. The van der Waals surface area contributed by atoms with Crippen molar-refractivity contribution in [1.82, 2.24) is 23.8 Å². The van der Waals surface area contributed by atoms with E-state index in [4.69, 9.17) is 19.4 Å². The Bertz CT molecular complexity index is 2950. The number of ether oxygens (including phenoxy) is 2. The Labute approximate surface area is 401 Å². The molecule has 4 aliphatic heterocycles. The van der Waals surface area contributed by atoms with Crippen LogP contribution in [0.15, 0.2) is 60.9 Å². The van der Waals surface area contributed by atoms with Crippen LogP contribution in [0.25, 0.3) is 22.3 Å². The maximum atomic E-state index is 7.30. The molecule has 67 heavy (non-hydrogen) atoms. The third-order valence-electron chi connectivity index (χ3n) is 14.9. The van der Waals surface area contributed by atoms with Crippen molar-refractivity contribution in [3.8, 4) is 45.8 Å². The SMILES string of the molecule is CC(C)c1cc(C(C)C)c(-c2ccc3c4c2Oc2nc(C(C)(C)C)cn2B4N2B4c5c(ccc(-c6c(C(C)C)cc(C(C)(C)C)cc6C(C)C)c5Oc5nc(C(C)(C)C)cn54)N32)c(C(C)C)c1. The van der Waals surface area contributed by atoms with Crippen molar-refractivity contribution in [2.45, 2.75) is 177 Å². The first-order valence-electron chi connectivity index (χ1n) is 25.1. The van der Waals surface area contributed by atoms with Crippen LogP contribution in [0.4, 0.5) is 11.4 Å². The van der Waals surface area contributed by atoms with Gasteiger partial charge in [-0.1, -0.05) is 156 Å². The summed E-state index contributed by atoms with van der Waals surface area (Å²) in [6, 6.07) is 20.4. The highest BCUT2D eigenvalue weighted by atomic mass is 16.5. The van der Waals surface area contributed by atoms with Crippen LogP contribution in [-0.2, 0) is 16.2 Å². The molecule has 0 unspecified atom stereocenters. The number of hydrazine groups is 1. The van der Waals surface area contributed by atoms with Crippen molar-refractivity contribution < 1.29 is 9.47 Å². The van der Waals surface area contributed by atoms with Gasteiger partial charge in [0.2, 0.25) is 0 Å². The molecular weight excluding hydrogens is 822 g/mol. The molecule has 6 heterocycles. The van der Waals surface area contributed by atoms with Crippen molar-refractivity contribution in [1.29, 1.82) is 0 Å². The molecule has 0 amide bonds. The van der Waals surface area contributed by atoms with Crippen LogP contribution < -0.4 is 25.4 Å². The third kappa shape index (κ3) is 6.88. The van der Waals surface area contributed by atoms with Gasteiger partial charge in [-0.25, -0.2) is 14.8 Å². The van der Waals surface area contributed by atoms with Gasteiger partial charge in [-0.15, -0.1) is 0 Å². The van der Waals surface area contributed by atoms with Crippen LogP contribution in [0.1, 0.15) is 206 Å². The number of aromatic nitrogens is 4. The van der Waals surface area contributed by atoms with Crippen molar-refractivity contribution in [3.05, 3.63) is 106 Å². The minimum atomic E-state index is -0.279. The van der Waals surface area contributed by atoms with Gasteiger partial charge in [-0.3, -0.25) is 5.01 Å². The van der Waals surface area contributed by atoms with E-state index in [0.717, 1.165) is 56.3 Å². The number of nitrogens with zero attached hydrogens (tertiary/aromatic N) is 6. The lowest BCUT2D eigenvalue weighted by atomic mass is 9.54. The zero-order valence-corrected chi connectivity index (χ0v) is 43.8. The zero-order valence-electron chi connectivity index (χ0n) is 43.8. The Balaban J connectivity index is 1.29. The second-order valence-electron chi connectivity index (χ2n) is 24.7. The van der Waals surface area contributed by atoms with Gasteiger partial charge in [0.25, 0.3) is 12.0 Å². The van der Waals surface area contributed by atoms with Crippen molar-refractivity contribution in [2.75, 3.05) is 5.01 Å². The number of imidazole rings is 2. The smallest absolute Gasteiger partial charge is 0.402 e. The Morgan fingerprint density at radius 1 is 0.478 bits per heavy atom. The normalized spacial score (nSPS) is 15.3. The average Bonchev–Trinajstić information content (AvgIpc) is 4.02. The summed E-state index contributed by atoms with van der Waals surface area (Å²) >= 11 is 0. The van der Waals surface area contributed by atoms with E-state index in [-0.39, 0.29) is 30.2 Å². The topological polar surface area (TPSA) is 60.6 Å². The number of rotatable bonds is 7. The predicted octanol–water partition coefficient (Wildman–Crippen LogP) is 14.0. The van der Waals surface area contributed by atoms with E-state index < -0.39 is 0 Å². The van der Waals surface area contributed by atoms with E-state index in [2.05, 4.69) is 211 Å². The molecule has 0 N–H and O–H groups in total. The summed E-state index contributed by atoms with van der Waals surface area (Å²) in [6.45, 7) is 43.1. The fourth-order valence-corrected chi connectivity index (χ4v) is 11.0. The molecule has 0 saturated carbocycles. The summed E-state index contributed by atoms with van der Waals surface area (Å²) in [5.74, 6) is 3.41. The summed E-state index contributed by atoms with van der Waals surface area (Å²) in [4.78, 5) is 13.2. The highest BCUT2D eigenvalue weighted by Crippen LogP contribution is 2.54. The lowest BCUT2D eigenvalue weighted by molar-refractivity contribution is 0.428. The molecule has 0 fully saturated rings. The molecule has 10 rings (SSSR count). The maximum Gasteiger partial charge on any atom is 0.402 e. The molecule has 2 aromatic heterocycles. The second-order valence-corrected chi connectivity index (χ2v) is 24.7. The van der Waals surface area contributed by atoms with Crippen LogP contribution in [0.3, 0.4) is 0 Å². The molecular formula is C57H72B2N6O2. The van der Waals surface area contributed by atoms with Crippen LogP contribution in [0, 0.1) is 0 Å². The Hall–Kier alpha value is -5.21. The molecule has 0 radical (unpaired) electrons. The first kappa shape index (κ1) is 45.6. The Morgan fingerprint density at radius 2 is 0.851 bits per heavy atom. The van der Waals surface area contributed by atoms with Crippen LogP contribution >= 0.6 is 0 Å². The van der Waals surface area contributed by atoms with E-state index in [1.165, 1.54) is 44.5 Å². The van der Waals surface area contributed by atoms with E-state index >= 15 is 0 Å². The predicted molar refractivity (Wildman–Crippen MR) is 280 cm³/mol. The van der Waals surface area contributed by atoms with Crippen molar-refractivity contribution in [3.63, 3.8) is 0 Å². The molecule has 4 aromatic carbocycles. The van der Waals surface area contributed by atoms with E-state index in [1.54, 1.807) is 0 Å². The number of hydrogen-bond acceptors (Lipinski definition) is 6. The largest absolute Gasteiger partial charge is 0.426 e. The minimum absolute atomic E-state index is 0.00478. The first-order chi connectivity index (χ1) is 31.3. The lowest BCUT2D eigenvalue weighted by Crippen LogP contribution is -2.62. The third-order valence-corrected chi connectivity index (χ3v) is 14.9. The molecule has 0 aliphatic carbocycles. The zero-order chi connectivity index (χ0) is 48.3. The van der Waals surface area contributed by atoms with Crippen LogP contribution in [0.2, 0.25) is 0 Å². The molecule has 8 nitrogen and oxygen atoms in total. The van der Waals surface area contributed by atoms with Gasteiger partial charge in [0.05, 0.1) is 22.8 Å². The highest BCUT2D eigenvalue weighted by Gasteiger charge is 2.61. The van der Waals surface area contributed by atoms with Gasteiger partial charge in [-0.05, 0) is 104 Å². The van der Waals surface area contributed by atoms with Gasteiger partial charge < -0.3 is 18.4 Å². The highest BCUT2D eigenvalue weighted by molar-refractivity contribution is 6.90. The molecule has 0 spiro atoms. The summed E-state index contributed by atoms with van der Waals surface area (Å²) < 4.78 is 19.2. The van der Waals surface area contributed by atoms with Crippen LogP contribution in [-0.4, -0.2) is 37.7 Å². The van der Waals surface area contributed by atoms with Crippen molar-refractivity contribution in [2.24, 2.45) is 0 Å². The number of fused-ring (bicyclic) bond motifs is 9. The monoisotopic (exact) mass is 895 g/mol.